The highest BCUT2D eigenvalue weighted by molar-refractivity contribution is 7.86. The fourth-order valence-corrected chi connectivity index (χ4v) is 2.92. The van der Waals surface area contributed by atoms with Crippen molar-refractivity contribution in [2.75, 3.05) is 6.61 Å². The van der Waals surface area contributed by atoms with Gasteiger partial charge in [-0.1, -0.05) is 17.7 Å². The molecule has 1 saturated heterocycles. The number of benzene rings is 1. The lowest BCUT2D eigenvalue weighted by Crippen LogP contribution is -2.58. The van der Waals surface area contributed by atoms with Crippen LogP contribution < -0.4 is 0 Å². The number of aliphatic hydroxyl groups excluding tert-OH is 4. The standard InChI is InChI=1S/C13H18O8S/c1-7-2-4-8(5-3-7)22(18,19)20-6-9-10(14)11(15)12(16)13(17)21-9/h2-5,9-17H,6H2,1H3/t9-,10+,11-,12-,13?/m0/s1. The van der Waals surface area contributed by atoms with E-state index in [-0.39, 0.29) is 4.90 Å². The Kier molecular flexibility index (Phi) is 5.17. The molecule has 1 unspecified atom stereocenters. The van der Waals surface area contributed by atoms with E-state index in [0.29, 0.717) is 0 Å². The molecule has 0 saturated carbocycles. The second kappa shape index (κ2) is 6.59. The molecule has 0 aliphatic carbocycles. The Balaban J connectivity index is 2.04. The van der Waals surface area contributed by atoms with Crippen LogP contribution in [0.1, 0.15) is 5.56 Å². The molecule has 0 bridgehead atoms. The first-order valence-electron chi connectivity index (χ1n) is 6.56. The van der Waals surface area contributed by atoms with Crippen molar-refractivity contribution in [3.05, 3.63) is 29.8 Å². The molecule has 9 heteroatoms. The van der Waals surface area contributed by atoms with E-state index < -0.39 is 47.4 Å². The second-order valence-electron chi connectivity index (χ2n) is 5.09. The summed E-state index contributed by atoms with van der Waals surface area (Å²) in [6.07, 6.45) is -7.98. The van der Waals surface area contributed by atoms with Crippen molar-refractivity contribution in [1.29, 1.82) is 0 Å². The predicted octanol–water partition coefficient (Wildman–Crippen LogP) is -1.50. The lowest BCUT2D eigenvalue weighted by atomic mass is 10.00. The van der Waals surface area contributed by atoms with Crippen molar-refractivity contribution in [1.82, 2.24) is 0 Å². The highest BCUT2D eigenvalue weighted by atomic mass is 32.2. The highest BCUT2D eigenvalue weighted by Gasteiger charge is 2.43. The lowest BCUT2D eigenvalue weighted by Gasteiger charge is -2.37. The number of hydrogen-bond donors (Lipinski definition) is 4. The van der Waals surface area contributed by atoms with Crippen LogP contribution in [0.3, 0.4) is 0 Å². The van der Waals surface area contributed by atoms with Gasteiger partial charge in [-0.05, 0) is 19.1 Å². The minimum absolute atomic E-state index is 0.0652. The van der Waals surface area contributed by atoms with Gasteiger partial charge in [-0.3, -0.25) is 4.18 Å². The quantitative estimate of drug-likeness (QED) is 0.489. The summed E-state index contributed by atoms with van der Waals surface area (Å²) in [6.45, 7) is 1.19. The molecule has 1 aromatic carbocycles. The largest absolute Gasteiger partial charge is 0.387 e. The molecule has 0 radical (unpaired) electrons. The summed E-state index contributed by atoms with van der Waals surface area (Å²) in [5.41, 5.74) is 0.880. The van der Waals surface area contributed by atoms with Gasteiger partial charge in [-0.2, -0.15) is 8.42 Å². The summed E-state index contributed by atoms with van der Waals surface area (Å²) in [4.78, 5) is -0.0652. The number of hydrogen-bond acceptors (Lipinski definition) is 8. The SMILES string of the molecule is Cc1ccc(S(=O)(=O)OC[C@@H]2OC(O)[C@@H](O)[C@@H](O)[C@@H]2O)cc1. The van der Waals surface area contributed by atoms with Gasteiger partial charge >= 0.3 is 0 Å². The minimum atomic E-state index is -4.07. The number of rotatable bonds is 4. The monoisotopic (exact) mass is 334 g/mol. The van der Waals surface area contributed by atoms with E-state index >= 15 is 0 Å². The van der Waals surface area contributed by atoms with E-state index in [2.05, 4.69) is 0 Å². The zero-order valence-corrected chi connectivity index (χ0v) is 12.5. The van der Waals surface area contributed by atoms with E-state index in [4.69, 9.17) is 8.92 Å². The Hall–Kier alpha value is -1.07. The maximum atomic E-state index is 12.0. The van der Waals surface area contributed by atoms with Gasteiger partial charge in [-0.25, -0.2) is 0 Å². The van der Waals surface area contributed by atoms with Crippen LogP contribution in [0.15, 0.2) is 29.2 Å². The fraction of sp³-hybridized carbons (Fsp3) is 0.538. The van der Waals surface area contributed by atoms with Gasteiger partial charge in [0, 0.05) is 0 Å². The Bertz CT molecular complexity index is 599. The molecular formula is C13H18O8S. The van der Waals surface area contributed by atoms with Gasteiger partial charge in [0.25, 0.3) is 10.1 Å². The molecule has 1 aliphatic rings. The molecule has 4 N–H and O–H groups in total. The molecule has 1 heterocycles. The fourth-order valence-electron chi connectivity index (χ4n) is 2.00. The van der Waals surface area contributed by atoms with E-state index in [0.717, 1.165) is 5.56 Å². The minimum Gasteiger partial charge on any atom is -0.387 e. The van der Waals surface area contributed by atoms with Crippen molar-refractivity contribution in [2.45, 2.75) is 42.5 Å². The van der Waals surface area contributed by atoms with Crippen molar-refractivity contribution >= 4 is 10.1 Å². The van der Waals surface area contributed by atoms with Crippen LogP contribution in [-0.4, -0.2) is 66.2 Å². The average Bonchev–Trinajstić information content (AvgIpc) is 2.48. The van der Waals surface area contributed by atoms with E-state index in [9.17, 15) is 28.8 Å². The Morgan fingerprint density at radius 3 is 2.23 bits per heavy atom. The first kappa shape index (κ1) is 17.3. The third kappa shape index (κ3) is 3.63. The van der Waals surface area contributed by atoms with Crippen molar-refractivity contribution in [2.24, 2.45) is 0 Å². The maximum absolute atomic E-state index is 12.0. The number of aryl methyl sites for hydroxylation is 1. The molecule has 8 nitrogen and oxygen atoms in total. The van der Waals surface area contributed by atoms with Crippen molar-refractivity contribution in [3.63, 3.8) is 0 Å². The zero-order chi connectivity index (χ0) is 16.5. The van der Waals surface area contributed by atoms with Crippen LogP contribution in [0.2, 0.25) is 0 Å². The third-order valence-corrected chi connectivity index (χ3v) is 4.68. The van der Waals surface area contributed by atoms with Crippen LogP contribution in [0.5, 0.6) is 0 Å². The molecule has 22 heavy (non-hydrogen) atoms. The summed E-state index contributed by atoms with van der Waals surface area (Å²) >= 11 is 0. The normalized spacial score (nSPS) is 32.9. The molecule has 0 spiro atoms. The summed E-state index contributed by atoms with van der Waals surface area (Å²) in [5.74, 6) is 0. The Morgan fingerprint density at radius 1 is 1.05 bits per heavy atom. The van der Waals surface area contributed by atoms with Crippen molar-refractivity contribution in [3.8, 4) is 0 Å². The van der Waals surface area contributed by atoms with Gasteiger partial charge in [0.2, 0.25) is 0 Å². The van der Waals surface area contributed by atoms with Gasteiger partial charge in [0.1, 0.15) is 24.4 Å². The number of ether oxygens (including phenoxy) is 1. The summed E-state index contributed by atoms with van der Waals surface area (Å²) in [7, 11) is -4.07. The second-order valence-corrected chi connectivity index (χ2v) is 6.70. The molecule has 1 aliphatic heterocycles. The predicted molar refractivity (Wildman–Crippen MR) is 73.2 cm³/mol. The first-order chi connectivity index (χ1) is 10.2. The molecule has 1 fully saturated rings. The van der Waals surface area contributed by atoms with E-state index in [1.165, 1.54) is 12.1 Å². The van der Waals surface area contributed by atoms with Crippen LogP contribution in [0.4, 0.5) is 0 Å². The molecule has 124 valence electrons. The van der Waals surface area contributed by atoms with E-state index in [1.54, 1.807) is 19.1 Å². The van der Waals surface area contributed by atoms with Gasteiger partial charge in [-0.15, -0.1) is 0 Å². The summed E-state index contributed by atoms with van der Waals surface area (Å²) in [5, 5.41) is 37.9. The van der Waals surface area contributed by atoms with Crippen LogP contribution in [0, 0.1) is 6.92 Å². The molecule has 0 amide bonds. The molecule has 5 atom stereocenters. The zero-order valence-electron chi connectivity index (χ0n) is 11.7. The first-order valence-corrected chi connectivity index (χ1v) is 7.97. The molecule has 1 aromatic rings. The highest BCUT2D eigenvalue weighted by Crippen LogP contribution is 2.21. The van der Waals surface area contributed by atoms with Gasteiger partial charge in [0.05, 0.1) is 11.5 Å². The topological polar surface area (TPSA) is 134 Å². The molecule has 2 rings (SSSR count). The lowest BCUT2D eigenvalue weighted by molar-refractivity contribution is -0.285. The maximum Gasteiger partial charge on any atom is 0.297 e. The average molecular weight is 334 g/mol. The summed E-state index contributed by atoms with van der Waals surface area (Å²) < 4.78 is 33.6. The Labute approximate surface area is 127 Å². The Morgan fingerprint density at radius 2 is 1.64 bits per heavy atom. The van der Waals surface area contributed by atoms with Crippen LogP contribution >= 0.6 is 0 Å². The van der Waals surface area contributed by atoms with E-state index in [1.807, 2.05) is 0 Å². The molecular weight excluding hydrogens is 316 g/mol. The smallest absolute Gasteiger partial charge is 0.297 e. The number of aliphatic hydroxyl groups is 4. The van der Waals surface area contributed by atoms with Crippen molar-refractivity contribution < 1.29 is 37.8 Å². The summed E-state index contributed by atoms with van der Waals surface area (Å²) in [6, 6.07) is 5.95. The van der Waals surface area contributed by atoms with Crippen LogP contribution in [0.25, 0.3) is 0 Å². The third-order valence-electron chi connectivity index (χ3n) is 3.38. The van der Waals surface area contributed by atoms with Gasteiger partial charge < -0.3 is 25.2 Å². The van der Waals surface area contributed by atoms with Crippen LogP contribution in [-0.2, 0) is 19.0 Å². The molecule has 0 aromatic heterocycles. The van der Waals surface area contributed by atoms with Gasteiger partial charge in [0.15, 0.2) is 6.29 Å².